The molecule has 1 rings (SSSR count). The molecule has 1 radical (unpaired) electrons. The largest absolute Gasteiger partial charge is 0.0845 e. The van der Waals surface area contributed by atoms with Gasteiger partial charge in [0, 0.05) is 0 Å². The highest BCUT2D eigenvalue weighted by Gasteiger charge is 1.85. The summed E-state index contributed by atoms with van der Waals surface area (Å²) in [6.07, 6.45) is 28.0. The highest BCUT2D eigenvalue weighted by molar-refractivity contribution is 5.17. The van der Waals surface area contributed by atoms with Crippen molar-refractivity contribution in [1.82, 2.24) is 0 Å². The molecule has 0 aromatic heterocycles. The van der Waals surface area contributed by atoms with Gasteiger partial charge in [-0.05, 0) is 31.8 Å². The molecule has 0 bridgehead atoms. The molecule has 0 aromatic carbocycles. The Bertz CT molecular complexity index is 246. The molecule has 0 unspecified atom stereocenters. The molecule has 1 aliphatic rings. The molecule has 15 heavy (non-hydrogen) atoms. The third-order valence-corrected chi connectivity index (χ3v) is 2.21. The fourth-order valence-corrected chi connectivity index (χ4v) is 1.37. The second-order valence-electron chi connectivity index (χ2n) is 3.55. The van der Waals surface area contributed by atoms with E-state index in [0.29, 0.717) is 0 Å². The lowest BCUT2D eigenvalue weighted by atomic mass is 10.1. The van der Waals surface area contributed by atoms with Crippen LogP contribution in [0.15, 0.2) is 54.7 Å². The minimum Gasteiger partial charge on any atom is -0.0845 e. The van der Waals surface area contributed by atoms with E-state index in [1.165, 1.54) is 25.7 Å². The van der Waals surface area contributed by atoms with E-state index in [9.17, 15) is 0 Å². The Morgan fingerprint density at radius 3 is 2.27 bits per heavy atom. The first-order valence-corrected chi connectivity index (χ1v) is 5.72. The Balaban J connectivity index is 2.43. The third-order valence-electron chi connectivity index (χ3n) is 2.21. The van der Waals surface area contributed by atoms with Crippen LogP contribution in [0.2, 0.25) is 0 Å². The van der Waals surface area contributed by atoms with Crippen molar-refractivity contribution < 1.29 is 0 Å². The van der Waals surface area contributed by atoms with E-state index in [4.69, 9.17) is 0 Å². The van der Waals surface area contributed by atoms with Crippen molar-refractivity contribution in [3.63, 3.8) is 0 Å². The standard InChI is InChI=1S/C15H19/c1-2-4-6-8-10-12-14-15-13-11-9-7-5-3-1/h1-9H,10,12-15H2/b3-1+,4-2+,7-5-,8-6-,11-9?. The highest BCUT2D eigenvalue weighted by atomic mass is 13.9. The molecule has 0 heteroatoms. The van der Waals surface area contributed by atoms with Crippen LogP contribution in [0, 0.1) is 6.08 Å². The second kappa shape index (κ2) is 9.26. The number of hydrogen-bond donors (Lipinski definition) is 0. The van der Waals surface area contributed by atoms with Gasteiger partial charge in [0.05, 0.1) is 0 Å². The van der Waals surface area contributed by atoms with Crippen LogP contribution in [0.3, 0.4) is 0 Å². The zero-order valence-electron chi connectivity index (χ0n) is 9.23. The summed E-state index contributed by atoms with van der Waals surface area (Å²) in [5.74, 6) is 0. The van der Waals surface area contributed by atoms with Gasteiger partial charge in [0.1, 0.15) is 0 Å². The minimum absolute atomic E-state index is 1.08. The van der Waals surface area contributed by atoms with Gasteiger partial charge in [-0.1, -0.05) is 61.1 Å². The molecule has 0 spiro atoms. The Morgan fingerprint density at radius 1 is 0.667 bits per heavy atom. The first kappa shape index (κ1) is 11.8. The Hall–Kier alpha value is -1.30. The predicted octanol–water partition coefficient (Wildman–Crippen LogP) is 4.53. The maximum absolute atomic E-state index is 3.27. The van der Waals surface area contributed by atoms with Gasteiger partial charge in [0.25, 0.3) is 0 Å². The molecule has 0 amide bonds. The maximum Gasteiger partial charge on any atom is -0.0276 e. The van der Waals surface area contributed by atoms with Gasteiger partial charge < -0.3 is 0 Å². The quantitative estimate of drug-likeness (QED) is 0.537. The van der Waals surface area contributed by atoms with Gasteiger partial charge in [-0.2, -0.15) is 0 Å². The fraction of sp³-hybridized carbons (Fsp3) is 0.333. The van der Waals surface area contributed by atoms with Crippen molar-refractivity contribution in [2.24, 2.45) is 0 Å². The number of allylic oxidation sites excluding steroid dienone is 10. The minimum atomic E-state index is 1.08. The van der Waals surface area contributed by atoms with E-state index in [2.05, 4.69) is 24.3 Å². The fourth-order valence-electron chi connectivity index (χ4n) is 1.37. The zero-order valence-corrected chi connectivity index (χ0v) is 9.23. The number of hydrogen-bond acceptors (Lipinski definition) is 0. The molecule has 0 saturated carbocycles. The summed E-state index contributed by atoms with van der Waals surface area (Å²) in [6, 6.07) is 0. The third kappa shape index (κ3) is 7.75. The monoisotopic (exact) mass is 199 g/mol. The predicted molar refractivity (Wildman–Crippen MR) is 67.5 cm³/mol. The summed E-state index contributed by atoms with van der Waals surface area (Å²) in [5, 5.41) is 0. The molecule has 0 aliphatic heterocycles. The average molecular weight is 199 g/mol. The molecule has 0 N–H and O–H groups in total. The molecule has 0 heterocycles. The van der Waals surface area contributed by atoms with E-state index >= 15 is 0 Å². The average Bonchev–Trinajstić information content (AvgIpc) is 2.27. The van der Waals surface area contributed by atoms with Gasteiger partial charge >= 0.3 is 0 Å². The van der Waals surface area contributed by atoms with E-state index in [-0.39, 0.29) is 0 Å². The van der Waals surface area contributed by atoms with Crippen LogP contribution in [0.1, 0.15) is 32.1 Å². The van der Waals surface area contributed by atoms with E-state index in [1.807, 2.05) is 36.5 Å². The first-order valence-electron chi connectivity index (χ1n) is 5.72. The Kier molecular flexibility index (Phi) is 7.27. The van der Waals surface area contributed by atoms with Crippen molar-refractivity contribution >= 4 is 0 Å². The van der Waals surface area contributed by atoms with E-state index in [1.54, 1.807) is 0 Å². The number of rotatable bonds is 0. The zero-order chi connectivity index (χ0) is 10.6. The lowest BCUT2D eigenvalue weighted by molar-refractivity contribution is 0.691. The molecular formula is C15H19. The lowest BCUT2D eigenvalue weighted by Crippen LogP contribution is -1.74. The normalized spacial score (nSPS) is 29.3. The SMILES string of the molecule is [C]1=C/C=C\C=C\C=C\C=C/CCCCC/1. The van der Waals surface area contributed by atoms with Gasteiger partial charge in [-0.25, -0.2) is 0 Å². The molecular weight excluding hydrogens is 180 g/mol. The topological polar surface area (TPSA) is 0 Å². The van der Waals surface area contributed by atoms with Crippen molar-refractivity contribution in [2.45, 2.75) is 32.1 Å². The summed E-state index contributed by atoms with van der Waals surface area (Å²) in [5.41, 5.74) is 0. The van der Waals surface area contributed by atoms with Gasteiger partial charge in [-0.3, -0.25) is 0 Å². The first-order chi connectivity index (χ1) is 7.50. The Morgan fingerprint density at radius 2 is 1.40 bits per heavy atom. The summed E-state index contributed by atoms with van der Waals surface area (Å²) < 4.78 is 0. The Labute approximate surface area is 93.4 Å². The van der Waals surface area contributed by atoms with Gasteiger partial charge in [0.2, 0.25) is 0 Å². The molecule has 0 fully saturated rings. The van der Waals surface area contributed by atoms with E-state index in [0.717, 1.165) is 6.42 Å². The van der Waals surface area contributed by atoms with Crippen molar-refractivity contribution in [3.8, 4) is 0 Å². The van der Waals surface area contributed by atoms with Crippen LogP contribution in [-0.4, -0.2) is 0 Å². The smallest absolute Gasteiger partial charge is 0.0276 e. The molecule has 0 aromatic rings. The van der Waals surface area contributed by atoms with Gasteiger partial charge in [-0.15, -0.1) is 0 Å². The molecule has 79 valence electrons. The van der Waals surface area contributed by atoms with Crippen LogP contribution in [0.5, 0.6) is 0 Å². The summed E-state index contributed by atoms with van der Waals surface area (Å²) in [4.78, 5) is 0. The molecule has 0 saturated heterocycles. The van der Waals surface area contributed by atoms with Gasteiger partial charge in [0.15, 0.2) is 0 Å². The van der Waals surface area contributed by atoms with Crippen molar-refractivity contribution in [3.05, 3.63) is 60.8 Å². The summed E-state index contributed by atoms with van der Waals surface area (Å²) in [7, 11) is 0. The molecule has 0 atom stereocenters. The second-order valence-corrected chi connectivity index (χ2v) is 3.55. The van der Waals surface area contributed by atoms with Crippen molar-refractivity contribution in [2.75, 3.05) is 0 Å². The molecule has 0 nitrogen and oxygen atoms in total. The van der Waals surface area contributed by atoms with Crippen LogP contribution in [0.25, 0.3) is 0 Å². The maximum atomic E-state index is 3.27. The lowest BCUT2D eigenvalue weighted by Gasteiger charge is -1.93. The van der Waals surface area contributed by atoms with Crippen molar-refractivity contribution in [1.29, 1.82) is 0 Å². The highest BCUT2D eigenvalue weighted by Crippen LogP contribution is 2.04. The van der Waals surface area contributed by atoms with Crippen LogP contribution < -0.4 is 0 Å². The molecule has 1 aliphatic carbocycles. The van der Waals surface area contributed by atoms with Crippen LogP contribution in [-0.2, 0) is 0 Å². The summed E-state index contributed by atoms with van der Waals surface area (Å²) >= 11 is 0. The van der Waals surface area contributed by atoms with Crippen LogP contribution in [0.4, 0.5) is 0 Å². The van der Waals surface area contributed by atoms with E-state index < -0.39 is 0 Å². The van der Waals surface area contributed by atoms with Crippen LogP contribution >= 0.6 is 0 Å². The summed E-state index contributed by atoms with van der Waals surface area (Å²) in [6.45, 7) is 0.